The Kier molecular flexibility index (Phi) is 11.8. The second-order valence-electron chi connectivity index (χ2n) is 7.63. The monoisotopic (exact) mass is 349 g/mol. The van der Waals surface area contributed by atoms with Gasteiger partial charge in [0.25, 0.3) is 0 Å². The molecule has 1 aliphatic rings. The summed E-state index contributed by atoms with van der Waals surface area (Å²) in [5.74, 6) is 0.298. The fourth-order valence-electron chi connectivity index (χ4n) is 3.64. The second-order valence-corrected chi connectivity index (χ2v) is 7.63. The zero-order chi connectivity index (χ0) is 18.5. The Morgan fingerprint density at radius 2 is 1.68 bits per heavy atom. The molecule has 0 radical (unpaired) electrons. The lowest BCUT2D eigenvalue weighted by Gasteiger charge is -2.33. The zero-order valence-corrected chi connectivity index (χ0v) is 16.6. The lowest BCUT2D eigenvalue weighted by atomic mass is 9.89. The third kappa shape index (κ3) is 8.82. The molecule has 0 aromatic rings. The van der Waals surface area contributed by atoms with Crippen LogP contribution in [0.15, 0.2) is 24.3 Å². The summed E-state index contributed by atoms with van der Waals surface area (Å²) in [5, 5.41) is 10.9. The summed E-state index contributed by atoms with van der Waals surface area (Å²) in [6.07, 6.45) is 18.5. The second kappa shape index (κ2) is 13.3. The van der Waals surface area contributed by atoms with Crippen molar-refractivity contribution in [3.05, 3.63) is 24.3 Å². The van der Waals surface area contributed by atoms with E-state index in [4.69, 9.17) is 0 Å². The fourth-order valence-corrected chi connectivity index (χ4v) is 3.64. The van der Waals surface area contributed by atoms with Crippen molar-refractivity contribution >= 4 is 5.78 Å². The molecule has 0 amide bonds. The number of likely N-dealkylation sites (N-methyl/N-ethyl adjacent to an activating group) is 1. The van der Waals surface area contributed by atoms with Crippen molar-refractivity contribution in [1.29, 1.82) is 0 Å². The maximum atomic E-state index is 12.8. The number of rotatable bonds is 5. The highest BCUT2D eigenvalue weighted by atomic mass is 16.3. The molecule has 1 saturated heterocycles. The highest BCUT2D eigenvalue weighted by molar-refractivity contribution is 5.84. The molecule has 1 N–H and O–H groups in total. The van der Waals surface area contributed by atoms with Crippen molar-refractivity contribution in [2.45, 2.75) is 90.2 Å². The minimum absolute atomic E-state index is 0.0774. The minimum Gasteiger partial charge on any atom is -0.391 e. The van der Waals surface area contributed by atoms with Gasteiger partial charge in [-0.3, -0.25) is 9.69 Å². The lowest BCUT2D eigenvalue weighted by Crippen LogP contribution is -2.49. The average molecular weight is 350 g/mol. The van der Waals surface area contributed by atoms with E-state index in [1.54, 1.807) is 0 Å². The Balaban J connectivity index is 2.73. The van der Waals surface area contributed by atoms with Gasteiger partial charge in [-0.1, -0.05) is 69.8 Å². The molecule has 0 bridgehead atoms. The number of hydrogen-bond donors (Lipinski definition) is 1. The fraction of sp³-hybridized carbons (Fsp3) is 0.773. The largest absolute Gasteiger partial charge is 0.391 e. The SMILES string of the molecule is CC=C/C=C/C[C@@H](C)[C@@H](O)[C@H]1C(=O)CCCCCCCCCCN1C. The van der Waals surface area contributed by atoms with Crippen LogP contribution in [-0.4, -0.2) is 41.5 Å². The van der Waals surface area contributed by atoms with Crippen molar-refractivity contribution in [3.8, 4) is 0 Å². The summed E-state index contributed by atoms with van der Waals surface area (Å²) in [4.78, 5) is 14.9. The molecular formula is C22H39NO2. The summed E-state index contributed by atoms with van der Waals surface area (Å²) in [6.45, 7) is 4.94. The first-order valence-electron chi connectivity index (χ1n) is 10.3. The van der Waals surface area contributed by atoms with Gasteiger partial charge >= 0.3 is 0 Å². The van der Waals surface area contributed by atoms with Crippen LogP contribution in [0, 0.1) is 5.92 Å². The molecule has 3 heteroatoms. The van der Waals surface area contributed by atoms with Gasteiger partial charge in [-0.25, -0.2) is 0 Å². The third-order valence-corrected chi connectivity index (χ3v) is 5.34. The molecule has 144 valence electrons. The Morgan fingerprint density at radius 1 is 1.08 bits per heavy atom. The van der Waals surface area contributed by atoms with Crippen molar-refractivity contribution in [1.82, 2.24) is 4.90 Å². The van der Waals surface area contributed by atoms with Crippen molar-refractivity contribution < 1.29 is 9.90 Å². The molecule has 0 spiro atoms. The maximum Gasteiger partial charge on any atom is 0.152 e. The number of aliphatic hydroxyl groups excluding tert-OH is 1. The number of allylic oxidation sites excluding steroid dienone is 4. The molecule has 1 rings (SSSR count). The van der Waals surface area contributed by atoms with Gasteiger partial charge in [0.05, 0.1) is 12.1 Å². The number of carbonyl (C=O) groups is 1. The van der Waals surface area contributed by atoms with E-state index in [2.05, 4.69) is 11.0 Å². The number of Topliss-reactive ketones (excluding diaryl/α,β-unsaturated/α-hetero) is 1. The molecule has 0 aromatic carbocycles. The molecule has 0 aromatic heterocycles. The lowest BCUT2D eigenvalue weighted by molar-refractivity contribution is -0.129. The Morgan fingerprint density at radius 3 is 2.32 bits per heavy atom. The number of ketones is 1. The van der Waals surface area contributed by atoms with Crippen LogP contribution in [0.25, 0.3) is 0 Å². The molecule has 25 heavy (non-hydrogen) atoms. The van der Waals surface area contributed by atoms with E-state index in [9.17, 15) is 9.90 Å². The summed E-state index contributed by atoms with van der Waals surface area (Å²) >= 11 is 0. The van der Waals surface area contributed by atoms with Crippen molar-refractivity contribution in [2.24, 2.45) is 5.92 Å². The third-order valence-electron chi connectivity index (χ3n) is 5.34. The number of carbonyl (C=O) groups excluding carboxylic acids is 1. The Bertz CT molecular complexity index is 416. The molecule has 0 aliphatic carbocycles. The van der Waals surface area contributed by atoms with E-state index < -0.39 is 6.10 Å². The summed E-state index contributed by atoms with van der Waals surface area (Å²) < 4.78 is 0. The highest BCUT2D eigenvalue weighted by Crippen LogP contribution is 2.21. The topological polar surface area (TPSA) is 40.5 Å². The number of aliphatic hydroxyl groups is 1. The van der Waals surface area contributed by atoms with Gasteiger partial charge in [-0.05, 0) is 45.7 Å². The molecule has 1 heterocycles. The summed E-state index contributed by atoms with van der Waals surface area (Å²) in [6, 6.07) is -0.356. The molecule has 1 fully saturated rings. The van der Waals surface area contributed by atoms with Crippen LogP contribution in [0.1, 0.15) is 78.1 Å². The average Bonchev–Trinajstić information content (AvgIpc) is 2.61. The molecule has 3 nitrogen and oxygen atoms in total. The van der Waals surface area contributed by atoms with Gasteiger partial charge < -0.3 is 5.11 Å². The van der Waals surface area contributed by atoms with Crippen LogP contribution in [-0.2, 0) is 4.79 Å². The van der Waals surface area contributed by atoms with E-state index in [0.717, 1.165) is 32.2 Å². The van der Waals surface area contributed by atoms with E-state index in [1.807, 2.05) is 39.1 Å². The van der Waals surface area contributed by atoms with E-state index in [1.165, 1.54) is 32.1 Å². The highest BCUT2D eigenvalue weighted by Gasteiger charge is 2.32. The van der Waals surface area contributed by atoms with Gasteiger partial charge in [-0.15, -0.1) is 0 Å². The van der Waals surface area contributed by atoms with Crippen molar-refractivity contribution in [2.75, 3.05) is 13.6 Å². The Labute approximate surface area is 155 Å². The summed E-state index contributed by atoms with van der Waals surface area (Å²) in [5.41, 5.74) is 0. The van der Waals surface area contributed by atoms with Gasteiger partial charge in [0, 0.05) is 6.42 Å². The minimum atomic E-state index is -0.599. The Hall–Kier alpha value is -0.930. The van der Waals surface area contributed by atoms with Crippen molar-refractivity contribution in [3.63, 3.8) is 0 Å². The number of hydrogen-bond acceptors (Lipinski definition) is 3. The van der Waals surface area contributed by atoms with Gasteiger partial charge in [0.2, 0.25) is 0 Å². The van der Waals surface area contributed by atoms with Gasteiger partial charge in [0.15, 0.2) is 5.78 Å². The first-order chi connectivity index (χ1) is 12.1. The normalized spacial score (nSPS) is 25.4. The van der Waals surface area contributed by atoms with E-state index in [0.29, 0.717) is 6.42 Å². The smallest absolute Gasteiger partial charge is 0.152 e. The van der Waals surface area contributed by atoms with Gasteiger partial charge in [0.1, 0.15) is 0 Å². The molecule has 1 aliphatic heterocycles. The maximum absolute atomic E-state index is 12.8. The summed E-state index contributed by atoms with van der Waals surface area (Å²) in [7, 11) is 2.01. The van der Waals surface area contributed by atoms with E-state index >= 15 is 0 Å². The van der Waals surface area contributed by atoms with Gasteiger partial charge in [-0.2, -0.15) is 0 Å². The van der Waals surface area contributed by atoms with Crippen LogP contribution in [0.5, 0.6) is 0 Å². The van der Waals surface area contributed by atoms with Crippen LogP contribution in [0.3, 0.4) is 0 Å². The van der Waals surface area contributed by atoms with E-state index in [-0.39, 0.29) is 17.7 Å². The standard InChI is InChI=1S/C22H39NO2/c1-4-5-6-13-16-19(2)22(25)21-20(24)17-14-11-9-7-8-10-12-15-18-23(21)3/h4-6,13,19,21-22,25H,7-12,14-18H2,1-3H3/b5-4?,13-6+/t19-,21-,22-/m1/s1. The molecule has 0 saturated carbocycles. The van der Waals surface area contributed by atoms with Crippen LogP contribution >= 0.6 is 0 Å². The quantitative estimate of drug-likeness (QED) is 0.718. The first-order valence-corrected chi connectivity index (χ1v) is 10.3. The predicted octanol–water partition coefficient (Wildman–Crippen LogP) is 4.90. The van der Waals surface area contributed by atoms with Crippen LogP contribution in [0.4, 0.5) is 0 Å². The van der Waals surface area contributed by atoms with Crippen LogP contribution < -0.4 is 0 Å². The molecule has 3 atom stereocenters. The molecule has 0 unspecified atom stereocenters. The number of nitrogens with zero attached hydrogens (tertiary/aromatic N) is 1. The van der Waals surface area contributed by atoms with Crippen LogP contribution in [0.2, 0.25) is 0 Å². The predicted molar refractivity (Wildman–Crippen MR) is 107 cm³/mol. The molecular weight excluding hydrogens is 310 g/mol. The zero-order valence-electron chi connectivity index (χ0n) is 16.6. The first kappa shape index (κ1) is 22.1.